The number of benzene rings is 2. The van der Waals surface area contributed by atoms with Gasteiger partial charge in [-0.25, -0.2) is 0 Å². The quantitative estimate of drug-likeness (QED) is 0.811. The van der Waals surface area contributed by atoms with E-state index in [-0.39, 0.29) is 0 Å². The van der Waals surface area contributed by atoms with Gasteiger partial charge in [0.2, 0.25) is 0 Å². The topological polar surface area (TPSA) is 12.0 Å². The molecule has 2 aromatic rings. The number of rotatable bonds is 3. The van der Waals surface area contributed by atoms with Crippen LogP contribution >= 0.6 is 34.8 Å². The van der Waals surface area contributed by atoms with E-state index in [0.717, 1.165) is 11.3 Å². The largest absolute Gasteiger partial charge is 0.381 e. The van der Waals surface area contributed by atoms with E-state index in [4.69, 9.17) is 34.8 Å². The summed E-state index contributed by atoms with van der Waals surface area (Å²) in [7, 11) is 0. The molecule has 0 unspecified atom stereocenters. The highest BCUT2D eigenvalue weighted by Gasteiger charge is 2.01. The first kappa shape index (κ1) is 12.6. The molecular weight excluding hydrogens is 277 g/mol. The van der Waals surface area contributed by atoms with Crippen LogP contribution in [0.3, 0.4) is 0 Å². The second kappa shape index (κ2) is 5.63. The van der Waals surface area contributed by atoms with Crippen LogP contribution in [0, 0.1) is 0 Å². The van der Waals surface area contributed by atoms with E-state index in [2.05, 4.69) is 5.32 Å². The van der Waals surface area contributed by atoms with Crippen molar-refractivity contribution in [1.29, 1.82) is 0 Å². The van der Waals surface area contributed by atoms with Crippen molar-refractivity contribution in [2.45, 2.75) is 6.54 Å². The van der Waals surface area contributed by atoms with Gasteiger partial charge < -0.3 is 5.32 Å². The fourth-order valence-corrected chi connectivity index (χ4v) is 2.13. The number of anilines is 1. The van der Waals surface area contributed by atoms with Crippen molar-refractivity contribution in [3.63, 3.8) is 0 Å². The summed E-state index contributed by atoms with van der Waals surface area (Å²) < 4.78 is 0. The molecule has 2 aromatic carbocycles. The van der Waals surface area contributed by atoms with Crippen molar-refractivity contribution in [2.24, 2.45) is 0 Å². The Kier molecular flexibility index (Phi) is 4.16. The lowest BCUT2D eigenvalue weighted by molar-refractivity contribution is 1.15. The lowest BCUT2D eigenvalue weighted by atomic mass is 10.2. The van der Waals surface area contributed by atoms with Crippen LogP contribution in [0.15, 0.2) is 42.5 Å². The minimum atomic E-state index is 0.635. The molecule has 1 nitrogen and oxygen atoms in total. The Morgan fingerprint density at radius 3 is 2.35 bits per heavy atom. The molecule has 0 atom stereocenters. The molecule has 0 amide bonds. The number of hydrogen-bond donors (Lipinski definition) is 1. The molecule has 0 saturated carbocycles. The molecule has 17 heavy (non-hydrogen) atoms. The Morgan fingerprint density at radius 1 is 0.882 bits per heavy atom. The van der Waals surface area contributed by atoms with Crippen molar-refractivity contribution in [3.05, 3.63) is 63.1 Å². The third-order valence-electron chi connectivity index (χ3n) is 2.32. The zero-order valence-electron chi connectivity index (χ0n) is 8.88. The summed E-state index contributed by atoms with van der Waals surface area (Å²) in [6.07, 6.45) is 0. The highest BCUT2D eigenvalue weighted by atomic mass is 35.5. The summed E-state index contributed by atoms with van der Waals surface area (Å²) in [5.74, 6) is 0. The standard InChI is InChI=1S/C13H10Cl3N/c14-10-2-1-3-12(6-10)17-8-9-4-5-11(15)7-13(9)16/h1-7,17H,8H2. The third kappa shape index (κ3) is 3.53. The van der Waals surface area contributed by atoms with E-state index in [9.17, 15) is 0 Å². The highest BCUT2D eigenvalue weighted by molar-refractivity contribution is 6.35. The Balaban J connectivity index is 2.07. The predicted molar refractivity (Wildman–Crippen MR) is 75.2 cm³/mol. The fourth-order valence-electron chi connectivity index (χ4n) is 1.46. The minimum absolute atomic E-state index is 0.635. The SMILES string of the molecule is Clc1cccc(NCc2ccc(Cl)cc2Cl)c1. The lowest BCUT2D eigenvalue weighted by Gasteiger charge is -2.08. The van der Waals surface area contributed by atoms with Gasteiger partial charge in [-0.1, -0.05) is 46.9 Å². The van der Waals surface area contributed by atoms with Gasteiger partial charge in [0.05, 0.1) is 0 Å². The summed E-state index contributed by atoms with van der Waals surface area (Å²) in [4.78, 5) is 0. The first-order valence-electron chi connectivity index (χ1n) is 5.08. The first-order valence-corrected chi connectivity index (χ1v) is 6.22. The van der Waals surface area contributed by atoms with E-state index in [1.165, 1.54) is 0 Å². The number of nitrogens with one attached hydrogen (secondary N) is 1. The Bertz CT molecular complexity index is 526. The van der Waals surface area contributed by atoms with Gasteiger partial charge in [0, 0.05) is 27.3 Å². The van der Waals surface area contributed by atoms with Crippen molar-refractivity contribution < 1.29 is 0 Å². The van der Waals surface area contributed by atoms with Gasteiger partial charge in [-0.2, -0.15) is 0 Å². The normalized spacial score (nSPS) is 10.3. The van der Waals surface area contributed by atoms with Crippen LogP contribution in [-0.4, -0.2) is 0 Å². The maximum Gasteiger partial charge on any atom is 0.0470 e. The summed E-state index contributed by atoms with van der Waals surface area (Å²) in [6.45, 7) is 0.635. The van der Waals surface area contributed by atoms with Crippen LogP contribution < -0.4 is 5.32 Å². The molecule has 0 saturated heterocycles. The highest BCUT2D eigenvalue weighted by Crippen LogP contribution is 2.22. The van der Waals surface area contributed by atoms with Crippen LogP contribution in [-0.2, 0) is 6.54 Å². The van der Waals surface area contributed by atoms with E-state index in [0.29, 0.717) is 21.6 Å². The number of hydrogen-bond acceptors (Lipinski definition) is 1. The molecule has 0 aromatic heterocycles. The monoisotopic (exact) mass is 285 g/mol. The Hall–Kier alpha value is -0.890. The van der Waals surface area contributed by atoms with Crippen LogP contribution in [0.25, 0.3) is 0 Å². The molecule has 88 valence electrons. The van der Waals surface area contributed by atoms with Crippen molar-refractivity contribution in [1.82, 2.24) is 0 Å². The molecule has 0 heterocycles. The number of halogens is 3. The molecule has 0 fully saturated rings. The lowest BCUT2D eigenvalue weighted by Crippen LogP contribution is -1.99. The van der Waals surface area contributed by atoms with Crippen LogP contribution in [0.5, 0.6) is 0 Å². The second-order valence-electron chi connectivity index (χ2n) is 3.60. The zero-order chi connectivity index (χ0) is 12.3. The molecule has 0 aliphatic rings. The maximum atomic E-state index is 6.08. The smallest absolute Gasteiger partial charge is 0.0470 e. The van der Waals surface area contributed by atoms with E-state index in [1.54, 1.807) is 6.07 Å². The van der Waals surface area contributed by atoms with Gasteiger partial charge in [0.15, 0.2) is 0 Å². The van der Waals surface area contributed by atoms with Gasteiger partial charge in [-0.15, -0.1) is 0 Å². The molecule has 0 radical (unpaired) electrons. The average molecular weight is 287 g/mol. The zero-order valence-corrected chi connectivity index (χ0v) is 11.2. The predicted octanol–water partition coefficient (Wildman–Crippen LogP) is 5.26. The molecule has 1 N–H and O–H groups in total. The van der Waals surface area contributed by atoms with E-state index < -0.39 is 0 Å². The van der Waals surface area contributed by atoms with Crippen LogP contribution in [0.2, 0.25) is 15.1 Å². The summed E-state index contributed by atoms with van der Waals surface area (Å²) in [5, 5.41) is 5.26. The van der Waals surface area contributed by atoms with Crippen molar-refractivity contribution in [3.8, 4) is 0 Å². The first-order chi connectivity index (χ1) is 8.15. The van der Waals surface area contributed by atoms with Gasteiger partial charge in [0.25, 0.3) is 0 Å². The summed E-state index contributed by atoms with van der Waals surface area (Å²) >= 11 is 17.8. The fraction of sp³-hybridized carbons (Fsp3) is 0.0769. The molecule has 0 aliphatic carbocycles. The molecule has 0 bridgehead atoms. The van der Waals surface area contributed by atoms with E-state index in [1.807, 2.05) is 36.4 Å². The molecule has 0 aliphatic heterocycles. The van der Waals surface area contributed by atoms with E-state index >= 15 is 0 Å². The molecule has 2 rings (SSSR count). The Morgan fingerprint density at radius 2 is 1.65 bits per heavy atom. The van der Waals surface area contributed by atoms with Crippen molar-refractivity contribution >= 4 is 40.5 Å². The molecular formula is C13H10Cl3N. The average Bonchev–Trinajstić information content (AvgIpc) is 2.28. The minimum Gasteiger partial charge on any atom is -0.381 e. The Labute approximate surface area is 115 Å². The van der Waals surface area contributed by atoms with Crippen LogP contribution in [0.4, 0.5) is 5.69 Å². The second-order valence-corrected chi connectivity index (χ2v) is 4.88. The van der Waals surface area contributed by atoms with Crippen molar-refractivity contribution in [2.75, 3.05) is 5.32 Å². The maximum absolute atomic E-state index is 6.08. The molecule has 0 spiro atoms. The van der Waals surface area contributed by atoms with Gasteiger partial charge >= 0.3 is 0 Å². The molecule has 4 heteroatoms. The van der Waals surface area contributed by atoms with Gasteiger partial charge in [-0.05, 0) is 35.9 Å². The van der Waals surface area contributed by atoms with Gasteiger partial charge in [0.1, 0.15) is 0 Å². The van der Waals surface area contributed by atoms with Gasteiger partial charge in [-0.3, -0.25) is 0 Å². The van der Waals surface area contributed by atoms with Crippen LogP contribution in [0.1, 0.15) is 5.56 Å². The third-order valence-corrected chi connectivity index (χ3v) is 3.14. The summed E-state index contributed by atoms with van der Waals surface area (Å²) in [6, 6.07) is 13.0. The summed E-state index contributed by atoms with van der Waals surface area (Å²) in [5.41, 5.74) is 1.96.